The quantitative estimate of drug-likeness (QED) is 0.655. The maximum atomic E-state index is 12.0. The van der Waals surface area contributed by atoms with Crippen LogP contribution >= 0.6 is 0 Å². The summed E-state index contributed by atoms with van der Waals surface area (Å²) < 4.78 is 44.1. The summed E-state index contributed by atoms with van der Waals surface area (Å²) in [4.78, 5) is 12.7. The highest BCUT2D eigenvalue weighted by atomic mass is 19.4. The predicted molar refractivity (Wildman–Crippen MR) is 50.0 cm³/mol. The lowest BCUT2D eigenvalue weighted by Gasteiger charge is -2.11. The fourth-order valence-corrected chi connectivity index (χ4v) is 1.20. The number of alkyl halides is 3. The molecule has 1 N–H and O–H groups in total. The Balaban J connectivity index is 3.39. The number of pyridine rings is 1. The minimum absolute atomic E-state index is 0.210. The standard InChI is InChI=1S/C8H7F3N2O5/c1-17-5-2-12-7(18-8(9,10)11)6(13(15)16)4(5)3-14/h2,14H,3H2,1H3. The molecule has 0 fully saturated rings. The highest BCUT2D eigenvalue weighted by molar-refractivity contribution is 5.54. The number of nitrogens with zero attached hydrogens (tertiary/aromatic N) is 2. The molecule has 1 aromatic rings. The third-order valence-corrected chi connectivity index (χ3v) is 1.86. The number of nitro groups is 1. The van der Waals surface area contributed by atoms with E-state index in [9.17, 15) is 23.3 Å². The topological polar surface area (TPSA) is 94.7 Å². The van der Waals surface area contributed by atoms with E-state index in [2.05, 4.69) is 14.5 Å². The third kappa shape index (κ3) is 2.97. The maximum Gasteiger partial charge on any atom is 0.574 e. The van der Waals surface area contributed by atoms with Crippen molar-refractivity contribution in [1.29, 1.82) is 0 Å². The Kier molecular flexibility index (Phi) is 3.91. The van der Waals surface area contributed by atoms with Crippen LogP contribution in [0.3, 0.4) is 0 Å². The second kappa shape index (κ2) is 5.04. The van der Waals surface area contributed by atoms with Gasteiger partial charge >= 0.3 is 17.9 Å². The van der Waals surface area contributed by atoms with Crippen molar-refractivity contribution >= 4 is 5.69 Å². The average Bonchev–Trinajstić information content (AvgIpc) is 2.25. The van der Waals surface area contributed by atoms with Crippen LogP contribution in [0, 0.1) is 10.1 Å². The average molecular weight is 268 g/mol. The molecule has 0 aliphatic carbocycles. The molecule has 0 radical (unpaired) electrons. The van der Waals surface area contributed by atoms with Crippen LogP contribution in [-0.4, -0.2) is 28.5 Å². The number of rotatable bonds is 4. The molecule has 100 valence electrons. The minimum Gasteiger partial charge on any atom is -0.494 e. The van der Waals surface area contributed by atoms with Gasteiger partial charge in [-0.3, -0.25) is 10.1 Å². The van der Waals surface area contributed by atoms with Crippen molar-refractivity contribution in [3.05, 3.63) is 21.9 Å². The summed E-state index contributed by atoms with van der Waals surface area (Å²) in [6.45, 7) is -0.893. The van der Waals surface area contributed by atoms with Crippen LogP contribution < -0.4 is 9.47 Å². The number of hydrogen-bond donors (Lipinski definition) is 1. The van der Waals surface area contributed by atoms with Crippen LogP contribution in [0.15, 0.2) is 6.20 Å². The van der Waals surface area contributed by atoms with Crippen molar-refractivity contribution in [2.75, 3.05) is 7.11 Å². The largest absolute Gasteiger partial charge is 0.574 e. The van der Waals surface area contributed by atoms with Gasteiger partial charge in [0.2, 0.25) is 0 Å². The molecule has 7 nitrogen and oxygen atoms in total. The van der Waals surface area contributed by atoms with Gasteiger partial charge in [0.25, 0.3) is 0 Å². The first kappa shape index (κ1) is 14.0. The van der Waals surface area contributed by atoms with Crippen molar-refractivity contribution in [3.63, 3.8) is 0 Å². The van der Waals surface area contributed by atoms with Gasteiger partial charge in [0.1, 0.15) is 11.3 Å². The van der Waals surface area contributed by atoms with Crippen molar-refractivity contribution in [1.82, 2.24) is 4.98 Å². The van der Waals surface area contributed by atoms with Gasteiger partial charge in [-0.05, 0) is 0 Å². The van der Waals surface area contributed by atoms with E-state index in [0.717, 1.165) is 13.3 Å². The molecule has 18 heavy (non-hydrogen) atoms. The van der Waals surface area contributed by atoms with Crippen LogP contribution in [-0.2, 0) is 6.61 Å². The van der Waals surface area contributed by atoms with Gasteiger partial charge in [0, 0.05) is 0 Å². The molecule has 0 bridgehead atoms. The Morgan fingerprint density at radius 2 is 2.17 bits per heavy atom. The Morgan fingerprint density at radius 1 is 1.56 bits per heavy atom. The normalized spacial score (nSPS) is 11.2. The zero-order valence-corrected chi connectivity index (χ0v) is 8.89. The van der Waals surface area contributed by atoms with Gasteiger partial charge in [0.15, 0.2) is 0 Å². The minimum atomic E-state index is -5.13. The Labute approximate surface area is 97.9 Å². The second-order valence-electron chi connectivity index (χ2n) is 2.92. The highest BCUT2D eigenvalue weighted by Crippen LogP contribution is 2.37. The van der Waals surface area contributed by atoms with E-state index >= 15 is 0 Å². The van der Waals surface area contributed by atoms with Crippen molar-refractivity contribution < 1.29 is 32.7 Å². The van der Waals surface area contributed by atoms with Crippen LogP contribution in [0.4, 0.5) is 18.9 Å². The summed E-state index contributed by atoms with van der Waals surface area (Å²) in [7, 11) is 1.13. The lowest BCUT2D eigenvalue weighted by molar-refractivity contribution is -0.390. The number of aromatic nitrogens is 1. The van der Waals surface area contributed by atoms with Gasteiger partial charge in [0.05, 0.1) is 24.8 Å². The molecular weight excluding hydrogens is 261 g/mol. The smallest absolute Gasteiger partial charge is 0.494 e. The molecule has 1 rings (SSSR count). The Morgan fingerprint density at radius 3 is 2.56 bits per heavy atom. The number of aliphatic hydroxyl groups excluding tert-OH is 1. The predicted octanol–water partition coefficient (Wildman–Crippen LogP) is 1.39. The fourth-order valence-electron chi connectivity index (χ4n) is 1.20. The van der Waals surface area contributed by atoms with Crippen LogP contribution in [0.2, 0.25) is 0 Å². The van der Waals surface area contributed by atoms with Gasteiger partial charge in [-0.25, -0.2) is 4.98 Å². The molecule has 0 aliphatic rings. The molecule has 0 unspecified atom stereocenters. The molecule has 0 aliphatic heterocycles. The molecule has 0 atom stereocenters. The van der Waals surface area contributed by atoms with Gasteiger partial charge in [-0.15, -0.1) is 13.2 Å². The van der Waals surface area contributed by atoms with Crippen molar-refractivity contribution in [2.45, 2.75) is 13.0 Å². The van der Waals surface area contributed by atoms with E-state index in [1.54, 1.807) is 0 Å². The summed E-state index contributed by atoms with van der Waals surface area (Å²) in [5.74, 6) is -1.46. The summed E-state index contributed by atoms with van der Waals surface area (Å²) in [6.07, 6.45) is -4.33. The summed E-state index contributed by atoms with van der Waals surface area (Å²) in [5, 5.41) is 19.7. The maximum absolute atomic E-state index is 12.0. The van der Waals surface area contributed by atoms with E-state index in [1.807, 2.05) is 0 Å². The molecule has 0 saturated heterocycles. The van der Waals surface area contributed by atoms with E-state index in [-0.39, 0.29) is 5.75 Å². The third-order valence-electron chi connectivity index (χ3n) is 1.86. The Hall–Kier alpha value is -2.10. The first-order chi connectivity index (χ1) is 8.30. The van der Waals surface area contributed by atoms with Gasteiger partial charge in [-0.2, -0.15) is 0 Å². The zero-order chi connectivity index (χ0) is 13.9. The molecule has 1 aromatic heterocycles. The molecule has 0 spiro atoms. The molecule has 0 amide bonds. The summed E-state index contributed by atoms with van der Waals surface area (Å²) >= 11 is 0. The zero-order valence-electron chi connectivity index (χ0n) is 8.89. The molecular formula is C8H7F3N2O5. The molecule has 0 saturated carbocycles. The number of hydrogen-bond acceptors (Lipinski definition) is 6. The van der Waals surface area contributed by atoms with Crippen molar-refractivity contribution in [3.8, 4) is 11.6 Å². The van der Waals surface area contributed by atoms with Crippen molar-refractivity contribution in [2.24, 2.45) is 0 Å². The highest BCUT2D eigenvalue weighted by Gasteiger charge is 2.37. The summed E-state index contributed by atoms with van der Waals surface area (Å²) in [6, 6.07) is 0. The molecule has 0 aromatic carbocycles. The van der Waals surface area contributed by atoms with E-state index < -0.39 is 35.0 Å². The number of ether oxygens (including phenoxy) is 2. The lowest BCUT2D eigenvalue weighted by atomic mass is 10.2. The van der Waals surface area contributed by atoms with E-state index in [4.69, 9.17) is 5.11 Å². The second-order valence-corrected chi connectivity index (χ2v) is 2.92. The summed E-state index contributed by atoms with van der Waals surface area (Å²) in [5.41, 5.74) is -1.54. The molecule has 1 heterocycles. The molecule has 10 heteroatoms. The lowest BCUT2D eigenvalue weighted by Crippen LogP contribution is -2.19. The van der Waals surface area contributed by atoms with Crippen LogP contribution in [0.5, 0.6) is 11.6 Å². The monoisotopic (exact) mass is 268 g/mol. The van der Waals surface area contributed by atoms with E-state index in [1.165, 1.54) is 0 Å². The first-order valence-corrected chi connectivity index (χ1v) is 4.37. The van der Waals surface area contributed by atoms with Gasteiger partial charge in [-0.1, -0.05) is 0 Å². The van der Waals surface area contributed by atoms with Gasteiger partial charge < -0.3 is 14.6 Å². The number of aliphatic hydroxyl groups is 1. The number of halogens is 3. The van der Waals surface area contributed by atoms with Crippen LogP contribution in [0.25, 0.3) is 0 Å². The first-order valence-electron chi connectivity index (χ1n) is 4.37. The SMILES string of the molecule is COc1cnc(OC(F)(F)F)c([N+](=O)[O-])c1CO. The number of methoxy groups -OCH3 is 1. The van der Waals surface area contributed by atoms with Crippen LogP contribution in [0.1, 0.15) is 5.56 Å². The Bertz CT molecular complexity index is 463. The fraction of sp³-hybridized carbons (Fsp3) is 0.375. The van der Waals surface area contributed by atoms with E-state index in [0.29, 0.717) is 0 Å².